The van der Waals surface area contributed by atoms with E-state index in [1.807, 2.05) is 0 Å². The topological polar surface area (TPSA) is 15.3 Å². The largest absolute Gasteiger partial charge is 0.314 e. The van der Waals surface area contributed by atoms with Crippen LogP contribution in [0.25, 0.3) is 0 Å². The first-order valence-electron chi connectivity index (χ1n) is 7.64. The molecule has 1 aliphatic heterocycles. The lowest BCUT2D eigenvalue weighted by Gasteiger charge is -2.39. The number of rotatable bonds is 5. The molecule has 2 atom stereocenters. The summed E-state index contributed by atoms with van der Waals surface area (Å²) in [5.74, 6) is -0.730. The second kappa shape index (κ2) is 9.02. The molecule has 1 aliphatic rings. The van der Waals surface area contributed by atoms with Gasteiger partial charge in [0.05, 0.1) is 5.02 Å². The Hall–Kier alpha value is -0.420. The number of benzene rings is 1. The van der Waals surface area contributed by atoms with Crippen LogP contribution in [0.1, 0.15) is 38.3 Å². The Morgan fingerprint density at radius 1 is 1.23 bits per heavy atom. The Morgan fingerprint density at radius 3 is 2.41 bits per heavy atom. The predicted octanol–water partition coefficient (Wildman–Crippen LogP) is 4.42. The van der Waals surface area contributed by atoms with E-state index in [2.05, 4.69) is 24.1 Å². The van der Waals surface area contributed by atoms with E-state index in [-0.39, 0.29) is 29.4 Å². The average Bonchev–Trinajstić information content (AvgIpc) is 2.48. The molecule has 2 nitrogen and oxygen atoms in total. The molecule has 2 rings (SSSR count). The van der Waals surface area contributed by atoms with Crippen LogP contribution in [0, 0.1) is 17.6 Å². The number of nitrogens with zero attached hydrogens (tertiary/aromatic N) is 1. The second-order valence-electron chi connectivity index (χ2n) is 5.75. The van der Waals surface area contributed by atoms with Gasteiger partial charge in [0.25, 0.3) is 0 Å². The molecule has 0 radical (unpaired) electrons. The van der Waals surface area contributed by atoms with Crippen molar-refractivity contribution in [1.82, 2.24) is 10.2 Å². The molecule has 0 aromatic heterocycles. The summed E-state index contributed by atoms with van der Waals surface area (Å²) >= 11 is 6.10. The Bertz CT molecular complexity index is 479. The first kappa shape index (κ1) is 19.6. The minimum Gasteiger partial charge on any atom is -0.314 e. The van der Waals surface area contributed by atoms with Crippen molar-refractivity contribution in [3.63, 3.8) is 0 Å². The average molecular weight is 353 g/mol. The van der Waals surface area contributed by atoms with Gasteiger partial charge in [-0.15, -0.1) is 12.4 Å². The monoisotopic (exact) mass is 352 g/mol. The van der Waals surface area contributed by atoms with Crippen molar-refractivity contribution in [2.45, 2.75) is 32.7 Å². The van der Waals surface area contributed by atoms with Gasteiger partial charge in [-0.2, -0.15) is 0 Å². The van der Waals surface area contributed by atoms with Gasteiger partial charge >= 0.3 is 0 Å². The van der Waals surface area contributed by atoms with Crippen LogP contribution in [0.2, 0.25) is 5.02 Å². The molecule has 1 aromatic rings. The first-order valence-corrected chi connectivity index (χ1v) is 8.02. The lowest BCUT2D eigenvalue weighted by atomic mass is 9.88. The predicted molar refractivity (Wildman–Crippen MR) is 89.9 cm³/mol. The molecule has 1 heterocycles. The van der Waals surface area contributed by atoms with Gasteiger partial charge in [-0.05, 0) is 24.5 Å². The molecule has 1 fully saturated rings. The maximum absolute atomic E-state index is 14.3. The van der Waals surface area contributed by atoms with Crippen molar-refractivity contribution in [3.05, 3.63) is 34.4 Å². The summed E-state index contributed by atoms with van der Waals surface area (Å²) in [4.78, 5) is 2.22. The highest BCUT2D eigenvalue weighted by Crippen LogP contribution is 2.38. The lowest BCUT2D eigenvalue weighted by molar-refractivity contribution is 0.123. The molecule has 0 aliphatic carbocycles. The zero-order valence-electron chi connectivity index (χ0n) is 13.0. The highest BCUT2D eigenvalue weighted by atomic mass is 35.5. The number of halogens is 4. The third-order valence-electron chi connectivity index (χ3n) is 4.20. The summed E-state index contributed by atoms with van der Waals surface area (Å²) in [5, 5.41) is 3.22. The quantitative estimate of drug-likeness (QED) is 0.789. The normalized spacial score (nSPS) is 18.6. The zero-order chi connectivity index (χ0) is 15.4. The van der Waals surface area contributed by atoms with Gasteiger partial charge < -0.3 is 5.32 Å². The van der Waals surface area contributed by atoms with Gasteiger partial charge in [0, 0.05) is 37.8 Å². The number of hydrogen-bond acceptors (Lipinski definition) is 2. The number of nitrogens with one attached hydrogen (secondary N) is 1. The molecule has 0 amide bonds. The summed E-state index contributed by atoms with van der Waals surface area (Å²) in [6.07, 6.45) is 1.97. The Balaban J connectivity index is 0.00000242. The van der Waals surface area contributed by atoms with Crippen LogP contribution < -0.4 is 5.32 Å². The van der Waals surface area contributed by atoms with E-state index < -0.39 is 11.6 Å². The van der Waals surface area contributed by atoms with E-state index in [0.29, 0.717) is 5.56 Å². The first-order chi connectivity index (χ1) is 10.1. The Labute approximate surface area is 142 Å². The summed E-state index contributed by atoms with van der Waals surface area (Å²) in [7, 11) is 0. The van der Waals surface area contributed by atoms with E-state index in [4.69, 9.17) is 11.6 Å². The molecule has 1 aromatic carbocycles. The van der Waals surface area contributed by atoms with Crippen molar-refractivity contribution >= 4 is 24.0 Å². The van der Waals surface area contributed by atoms with Gasteiger partial charge in [0.15, 0.2) is 0 Å². The fourth-order valence-corrected chi connectivity index (χ4v) is 3.48. The molecule has 126 valence electrons. The van der Waals surface area contributed by atoms with Gasteiger partial charge in [-0.1, -0.05) is 31.9 Å². The molecule has 1 unspecified atom stereocenters. The van der Waals surface area contributed by atoms with E-state index in [9.17, 15) is 8.78 Å². The smallest absolute Gasteiger partial charge is 0.142 e. The molecular formula is C16H24Cl2F2N2. The Morgan fingerprint density at radius 2 is 1.82 bits per heavy atom. The van der Waals surface area contributed by atoms with Crippen LogP contribution in [-0.4, -0.2) is 31.1 Å². The summed E-state index contributed by atoms with van der Waals surface area (Å²) in [5.41, 5.74) is 0.319. The van der Waals surface area contributed by atoms with Crippen molar-refractivity contribution in [2.24, 2.45) is 5.92 Å². The van der Waals surface area contributed by atoms with Crippen LogP contribution >= 0.6 is 24.0 Å². The van der Waals surface area contributed by atoms with Gasteiger partial charge in [0.1, 0.15) is 11.6 Å². The van der Waals surface area contributed by atoms with Crippen molar-refractivity contribution in [1.29, 1.82) is 0 Å². The van der Waals surface area contributed by atoms with Gasteiger partial charge in [0.2, 0.25) is 0 Å². The van der Waals surface area contributed by atoms with Crippen molar-refractivity contribution in [2.75, 3.05) is 26.2 Å². The lowest BCUT2D eigenvalue weighted by Crippen LogP contribution is -2.47. The van der Waals surface area contributed by atoms with Crippen molar-refractivity contribution < 1.29 is 8.78 Å². The van der Waals surface area contributed by atoms with E-state index in [1.165, 1.54) is 6.07 Å². The molecular weight excluding hydrogens is 329 g/mol. The highest BCUT2D eigenvalue weighted by molar-refractivity contribution is 6.31. The van der Waals surface area contributed by atoms with Crippen LogP contribution in [0.15, 0.2) is 12.1 Å². The minimum absolute atomic E-state index is 0. The fraction of sp³-hybridized carbons (Fsp3) is 0.625. The summed E-state index contributed by atoms with van der Waals surface area (Å²) in [6.45, 7) is 7.58. The van der Waals surface area contributed by atoms with E-state index in [0.717, 1.165) is 45.1 Å². The minimum atomic E-state index is -0.545. The molecule has 1 saturated heterocycles. The standard InChI is InChI=1S/C16H23ClF2N2.ClH/c1-3-4-11(2)16(21-9-7-20-8-10-21)14-12(18)5-6-13(19)15(14)17;/h5-6,11,16,20H,3-4,7-10H2,1-2H3;1H/t11?,16-;/m1./s1. The number of piperazine rings is 1. The summed E-state index contributed by atoms with van der Waals surface area (Å²) in [6, 6.07) is 2.11. The third kappa shape index (κ3) is 4.31. The molecule has 1 N–H and O–H groups in total. The van der Waals surface area contributed by atoms with E-state index >= 15 is 0 Å². The van der Waals surface area contributed by atoms with Crippen LogP contribution in [-0.2, 0) is 0 Å². The number of hydrogen-bond donors (Lipinski definition) is 1. The summed E-state index contributed by atoms with van der Waals surface area (Å²) < 4.78 is 28.1. The highest BCUT2D eigenvalue weighted by Gasteiger charge is 2.31. The van der Waals surface area contributed by atoms with Gasteiger partial charge in [-0.25, -0.2) is 8.78 Å². The van der Waals surface area contributed by atoms with Crippen LogP contribution in [0.3, 0.4) is 0 Å². The zero-order valence-corrected chi connectivity index (χ0v) is 14.6. The van der Waals surface area contributed by atoms with E-state index in [1.54, 1.807) is 0 Å². The molecule has 0 bridgehead atoms. The van der Waals surface area contributed by atoms with Crippen LogP contribution in [0.4, 0.5) is 8.78 Å². The molecule has 22 heavy (non-hydrogen) atoms. The fourth-order valence-electron chi connectivity index (χ4n) is 3.21. The van der Waals surface area contributed by atoms with Gasteiger partial charge in [-0.3, -0.25) is 4.90 Å². The molecule has 6 heteroatoms. The third-order valence-corrected chi connectivity index (χ3v) is 4.59. The van der Waals surface area contributed by atoms with Crippen LogP contribution in [0.5, 0.6) is 0 Å². The molecule has 0 spiro atoms. The SMILES string of the molecule is CCCC(C)[C@H](c1c(F)ccc(F)c1Cl)N1CCNCC1.Cl. The Kier molecular flexibility index (Phi) is 8.04. The van der Waals surface area contributed by atoms with Crippen molar-refractivity contribution in [3.8, 4) is 0 Å². The maximum atomic E-state index is 14.3. The molecule has 0 saturated carbocycles. The maximum Gasteiger partial charge on any atom is 0.142 e. The second-order valence-corrected chi connectivity index (χ2v) is 6.13.